The highest BCUT2D eigenvalue weighted by Crippen LogP contribution is 2.03. The van der Waals surface area contributed by atoms with E-state index in [1.165, 1.54) is 0 Å². The van der Waals surface area contributed by atoms with Crippen molar-refractivity contribution in [3.8, 4) is 0 Å². The topological polar surface area (TPSA) is 24.1 Å². The highest BCUT2D eigenvalue weighted by Gasteiger charge is 1.92. The largest absolute Gasteiger partial charge is 0.354 e. The van der Waals surface area contributed by atoms with E-state index in [-0.39, 0.29) is 0 Å². The van der Waals surface area contributed by atoms with Crippen LogP contribution in [0.5, 0.6) is 0 Å². The van der Waals surface area contributed by atoms with Crippen LogP contribution < -0.4 is 10.6 Å². The van der Waals surface area contributed by atoms with Crippen LogP contribution in [0, 0.1) is 0 Å². The van der Waals surface area contributed by atoms with Gasteiger partial charge in [-0.2, -0.15) is 12.6 Å². The first-order valence-electron chi connectivity index (χ1n) is 3.53. The van der Waals surface area contributed by atoms with E-state index in [1.807, 2.05) is 30.3 Å². The maximum atomic E-state index is 4.96. The quantitative estimate of drug-likeness (QED) is 0.384. The standard InChI is InChI=1S/C8H10N2S2/c11-6-9-8(12)10-7-4-2-1-3-5-7/h1-5,11H,6H2,(H2,9,10,12). The van der Waals surface area contributed by atoms with Gasteiger partial charge < -0.3 is 10.6 Å². The maximum Gasteiger partial charge on any atom is 0.171 e. The van der Waals surface area contributed by atoms with Gasteiger partial charge in [0.2, 0.25) is 0 Å². The van der Waals surface area contributed by atoms with Crippen LogP contribution in [0.15, 0.2) is 30.3 Å². The minimum Gasteiger partial charge on any atom is -0.354 e. The van der Waals surface area contributed by atoms with Crippen LogP contribution >= 0.6 is 24.8 Å². The van der Waals surface area contributed by atoms with Gasteiger partial charge in [0, 0.05) is 5.69 Å². The fourth-order valence-electron chi connectivity index (χ4n) is 0.769. The predicted octanol–water partition coefficient (Wildman–Crippen LogP) is 1.86. The fourth-order valence-corrected chi connectivity index (χ4v) is 1.22. The summed E-state index contributed by atoms with van der Waals surface area (Å²) in [5, 5.41) is 6.49. The molecule has 0 bridgehead atoms. The van der Waals surface area contributed by atoms with E-state index in [4.69, 9.17) is 12.2 Å². The first-order chi connectivity index (χ1) is 5.83. The lowest BCUT2D eigenvalue weighted by Crippen LogP contribution is -2.26. The van der Waals surface area contributed by atoms with E-state index in [9.17, 15) is 0 Å². The average molecular weight is 198 g/mol. The molecule has 0 atom stereocenters. The van der Waals surface area contributed by atoms with E-state index < -0.39 is 0 Å². The Balaban J connectivity index is 2.47. The number of hydrogen-bond acceptors (Lipinski definition) is 2. The second kappa shape index (κ2) is 5.00. The highest BCUT2D eigenvalue weighted by atomic mass is 32.1. The van der Waals surface area contributed by atoms with Gasteiger partial charge in [0.15, 0.2) is 5.11 Å². The third-order valence-corrected chi connectivity index (χ3v) is 1.68. The van der Waals surface area contributed by atoms with Crippen molar-refractivity contribution in [3.05, 3.63) is 30.3 Å². The normalized spacial score (nSPS) is 9.08. The highest BCUT2D eigenvalue weighted by molar-refractivity contribution is 7.81. The van der Waals surface area contributed by atoms with Crippen LogP contribution in [0.3, 0.4) is 0 Å². The molecule has 12 heavy (non-hydrogen) atoms. The van der Waals surface area contributed by atoms with Crippen molar-refractivity contribution in [1.82, 2.24) is 5.32 Å². The minimum absolute atomic E-state index is 0.540. The molecule has 0 radical (unpaired) electrons. The minimum atomic E-state index is 0.540. The Bertz CT molecular complexity index is 248. The average Bonchev–Trinajstić information content (AvgIpc) is 2.06. The number of thiocarbonyl (C=S) groups is 1. The molecule has 0 amide bonds. The Kier molecular flexibility index (Phi) is 3.90. The van der Waals surface area contributed by atoms with E-state index in [1.54, 1.807) is 0 Å². The second-order valence-electron chi connectivity index (χ2n) is 2.16. The maximum absolute atomic E-state index is 4.96. The number of rotatable bonds is 2. The molecular formula is C8H10N2S2. The molecule has 2 N–H and O–H groups in total. The van der Waals surface area contributed by atoms with Crippen molar-refractivity contribution < 1.29 is 0 Å². The van der Waals surface area contributed by atoms with Gasteiger partial charge in [-0.15, -0.1) is 0 Å². The summed E-state index contributed by atoms with van der Waals surface area (Å²) in [5.41, 5.74) is 0.983. The molecular weight excluding hydrogens is 188 g/mol. The first-order valence-corrected chi connectivity index (χ1v) is 4.58. The molecule has 0 saturated heterocycles. The molecule has 4 heteroatoms. The van der Waals surface area contributed by atoms with Crippen LogP contribution in [-0.2, 0) is 0 Å². The van der Waals surface area contributed by atoms with Crippen molar-refractivity contribution in [1.29, 1.82) is 0 Å². The molecule has 0 heterocycles. The molecule has 1 rings (SSSR count). The summed E-state index contributed by atoms with van der Waals surface area (Å²) in [7, 11) is 0. The number of thiol groups is 1. The second-order valence-corrected chi connectivity index (χ2v) is 2.88. The van der Waals surface area contributed by atoms with Gasteiger partial charge in [0.05, 0.1) is 5.88 Å². The molecule has 0 spiro atoms. The van der Waals surface area contributed by atoms with E-state index in [0.29, 0.717) is 11.0 Å². The zero-order valence-corrected chi connectivity index (χ0v) is 8.16. The number of hydrogen-bond donors (Lipinski definition) is 3. The number of para-hydroxylation sites is 1. The molecule has 0 unspecified atom stereocenters. The third-order valence-electron chi connectivity index (χ3n) is 1.27. The van der Waals surface area contributed by atoms with Gasteiger partial charge in [0.25, 0.3) is 0 Å². The van der Waals surface area contributed by atoms with Gasteiger partial charge in [-0.25, -0.2) is 0 Å². The van der Waals surface area contributed by atoms with E-state index >= 15 is 0 Å². The van der Waals surface area contributed by atoms with Gasteiger partial charge >= 0.3 is 0 Å². The molecule has 64 valence electrons. The lowest BCUT2D eigenvalue weighted by molar-refractivity contribution is 1.15. The van der Waals surface area contributed by atoms with Crippen molar-refractivity contribution in [2.75, 3.05) is 11.2 Å². The molecule has 2 nitrogen and oxygen atoms in total. The third kappa shape index (κ3) is 3.11. The molecule has 0 fully saturated rings. The van der Waals surface area contributed by atoms with Crippen molar-refractivity contribution in [3.63, 3.8) is 0 Å². The molecule has 0 aliphatic carbocycles. The van der Waals surface area contributed by atoms with Crippen molar-refractivity contribution >= 4 is 35.6 Å². The Morgan fingerprint density at radius 2 is 2.00 bits per heavy atom. The molecule has 1 aromatic carbocycles. The molecule has 0 aliphatic heterocycles. The molecule has 0 aliphatic rings. The Morgan fingerprint density at radius 3 is 2.58 bits per heavy atom. The summed E-state index contributed by atoms with van der Waals surface area (Å²) in [4.78, 5) is 0. The summed E-state index contributed by atoms with van der Waals surface area (Å²) in [6.07, 6.45) is 0. The van der Waals surface area contributed by atoms with Crippen molar-refractivity contribution in [2.45, 2.75) is 0 Å². The fraction of sp³-hybridized carbons (Fsp3) is 0.125. The molecule has 0 saturated carbocycles. The Hall–Kier alpha value is -0.740. The van der Waals surface area contributed by atoms with Crippen LogP contribution in [0.2, 0.25) is 0 Å². The summed E-state index contributed by atoms with van der Waals surface area (Å²) < 4.78 is 0. The van der Waals surface area contributed by atoms with Gasteiger partial charge in [-0.1, -0.05) is 18.2 Å². The summed E-state index contributed by atoms with van der Waals surface area (Å²) in [6.45, 7) is 0. The number of anilines is 1. The summed E-state index contributed by atoms with van der Waals surface area (Å²) in [5.74, 6) is 0.540. The monoisotopic (exact) mass is 198 g/mol. The van der Waals surface area contributed by atoms with E-state index in [0.717, 1.165) is 5.69 Å². The van der Waals surface area contributed by atoms with Crippen molar-refractivity contribution in [2.24, 2.45) is 0 Å². The lowest BCUT2D eigenvalue weighted by atomic mass is 10.3. The number of benzene rings is 1. The van der Waals surface area contributed by atoms with Crippen LogP contribution in [0.4, 0.5) is 5.69 Å². The van der Waals surface area contributed by atoms with E-state index in [2.05, 4.69) is 23.3 Å². The van der Waals surface area contributed by atoms with Gasteiger partial charge in [0.1, 0.15) is 0 Å². The zero-order valence-electron chi connectivity index (χ0n) is 6.45. The summed E-state index contributed by atoms with van der Waals surface area (Å²) in [6, 6.07) is 9.76. The van der Waals surface area contributed by atoms with Gasteiger partial charge in [-0.3, -0.25) is 0 Å². The van der Waals surface area contributed by atoms with Crippen LogP contribution in [0.25, 0.3) is 0 Å². The Labute approximate surface area is 82.8 Å². The molecule has 1 aromatic rings. The van der Waals surface area contributed by atoms with Crippen LogP contribution in [0.1, 0.15) is 0 Å². The molecule has 0 aromatic heterocycles. The smallest absolute Gasteiger partial charge is 0.171 e. The van der Waals surface area contributed by atoms with Crippen LogP contribution in [-0.4, -0.2) is 11.0 Å². The lowest BCUT2D eigenvalue weighted by Gasteiger charge is -2.07. The van der Waals surface area contributed by atoms with Gasteiger partial charge in [-0.05, 0) is 24.4 Å². The zero-order chi connectivity index (χ0) is 8.81. The summed E-state index contributed by atoms with van der Waals surface area (Å²) >= 11 is 8.95. The SMILES string of the molecule is S=C(NCS)Nc1ccccc1. The first kappa shape index (κ1) is 9.35. The predicted molar refractivity (Wildman–Crippen MR) is 59.7 cm³/mol. The number of nitrogens with one attached hydrogen (secondary N) is 2. The Morgan fingerprint density at radius 1 is 1.33 bits per heavy atom.